The standard InChI is InChI=1S/C11H19N3O/c1-12-10(7-9-3-6-15-8-9)11-13-4-5-14(11)2/h4-5,9-10,12H,3,6-8H2,1-2H3. The smallest absolute Gasteiger partial charge is 0.125 e. The molecule has 2 rings (SSSR count). The van der Waals surface area contributed by atoms with Crippen molar-refractivity contribution in [3.05, 3.63) is 18.2 Å². The third-order valence-electron chi connectivity index (χ3n) is 3.11. The van der Waals surface area contributed by atoms with Crippen molar-refractivity contribution in [2.45, 2.75) is 18.9 Å². The van der Waals surface area contributed by atoms with E-state index in [1.165, 1.54) is 6.42 Å². The molecule has 2 atom stereocenters. The van der Waals surface area contributed by atoms with Gasteiger partial charge in [0.1, 0.15) is 5.82 Å². The van der Waals surface area contributed by atoms with Gasteiger partial charge in [0, 0.05) is 32.7 Å². The molecule has 0 spiro atoms. The summed E-state index contributed by atoms with van der Waals surface area (Å²) in [5.41, 5.74) is 0. The Bertz CT molecular complexity index is 305. The van der Waals surface area contributed by atoms with E-state index in [-0.39, 0.29) is 0 Å². The van der Waals surface area contributed by atoms with Crippen LogP contribution in [0.2, 0.25) is 0 Å². The van der Waals surface area contributed by atoms with E-state index in [1.54, 1.807) is 0 Å². The first-order valence-corrected chi connectivity index (χ1v) is 5.53. The molecule has 1 aliphatic rings. The summed E-state index contributed by atoms with van der Waals surface area (Å²) in [5.74, 6) is 1.79. The summed E-state index contributed by atoms with van der Waals surface area (Å²) in [7, 11) is 4.03. The molecule has 0 saturated carbocycles. The van der Waals surface area contributed by atoms with E-state index in [4.69, 9.17) is 4.74 Å². The summed E-state index contributed by atoms with van der Waals surface area (Å²) in [6.07, 6.45) is 6.14. The molecule has 1 N–H and O–H groups in total. The van der Waals surface area contributed by atoms with Gasteiger partial charge in [0.05, 0.1) is 6.04 Å². The van der Waals surface area contributed by atoms with Crippen LogP contribution in [0, 0.1) is 5.92 Å². The lowest BCUT2D eigenvalue weighted by atomic mass is 9.99. The van der Waals surface area contributed by atoms with Gasteiger partial charge >= 0.3 is 0 Å². The van der Waals surface area contributed by atoms with E-state index < -0.39 is 0 Å². The second kappa shape index (κ2) is 4.77. The summed E-state index contributed by atoms with van der Waals surface area (Å²) in [4.78, 5) is 4.39. The van der Waals surface area contributed by atoms with E-state index in [0.29, 0.717) is 12.0 Å². The van der Waals surface area contributed by atoms with Crippen LogP contribution < -0.4 is 5.32 Å². The number of nitrogens with zero attached hydrogens (tertiary/aromatic N) is 2. The first-order chi connectivity index (χ1) is 7.31. The lowest BCUT2D eigenvalue weighted by molar-refractivity contribution is 0.181. The van der Waals surface area contributed by atoms with Crippen molar-refractivity contribution in [3.63, 3.8) is 0 Å². The van der Waals surface area contributed by atoms with E-state index in [0.717, 1.165) is 25.5 Å². The molecule has 2 heterocycles. The average Bonchev–Trinajstić information content (AvgIpc) is 2.85. The maximum Gasteiger partial charge on any atom is 0.125 e. The van der Waals surface area contributed by atoms with Gasteiger partial charge in [0.2, 0.25) is 0 Å². The zero-order valence-electron chi connectivity index (χ0n) is 9.44. The van der Waals surface area contributed by atoms with Crippen LogP contribution in [0.5, 0.6) is 0 Å². The second-order valence-corrected chi connectivity index (χ2v) is 4.20. The van der Waals surface area contributed by atoms with Gasteiger partial charge in [-0.15, -0.1) is 0 Å². The van der Waals surface area contributed by atoms with Crippen LogP contribution in [0.15, 0.2) is 12.4 Å². The number of hydrogen-bond donors (Lipinski definition) is 1. The van der Waals surface area contributed by atoms with Gasteiger partial charge < -0.3 is 14.6 Å². The average molecular weight is 209 g/mol. The predicted molar refractivity (Wildman–Crippen MR) is 58.6 cm³/mol. The highest BCUT2D eigenvalue weighted by Crippen LogP contribution is 2.24. The summed E-state index contributed by atoms with van der Waals surface area (Å²) in [5, 5.41) is 3.33. The minimum Gasteiger partial charge on any atom is -0.381 e. The number of ether oxygens (including phenoxy) is 1. The highest BCUT2D eigenvalue weighted by Gasteiger charge is 2.22. The van der Waals surface area contributed by atoms with Crippen LogP contribution in [0.3, 0.4) is 0 Å². The maximum absolute atomic E-state index is 5.40. The molecule has 1 saturated heterocycles. The Morgan fingerprint density at radius 3 is 3.13 bits per heavy atom. The summed E-state index contributed by atoms with van der Waals surface area (Å²) < 4.78 is 7.48. The monoisotopic (exact) mass is 209 g/mol. The topological polar surface area (TPSA) is 39.1 Å². The van der Waals surface area contributed by atoms with E-state index in [2.05, 4.69) is 14.9 Å². The molecule has 15 heavy (non-hydrogen) atoms. The van der Waals surface area contributed by atoms with Crippen molar-refractivity contribution in [2.24, 2.45) is 13.0 Å². The Morgan fingerprint density at radius 2 is 2.60 bits per heavy atom. The van der Waals surface area contributed by atoms with E-state index in [1.807, 2.05) is 26.5 Å². The van der Waals surface area contributed by atoms with Gasteiger partial charge in [-0.3, -0.25) is 0 Å². The van der Waals surface area contributed by atoms with Crippen LogP contribution in [-0.2, 0) is 11.8 Å². The Balaban J connectivity index is 2.00. The Labute approximate surface area is 90.6 Å². The van der Waals surface area contributed by atoms with E-state index >= 15 is 0 Å². The highest BCUT2D eigenvalue weighted by atomic mass is 16.5. The van der Waals surface area contributed by atoms with Crippen LogP contribution in [0.25, 0.3) is 0 Å². The molecule has 0 aliphatic carbocycles. The lowest BCUT2D eigenvalue weighted by Crippen LogP contribution is -2.23. The highest BCUT2D eigenvalue weighted by molar-refractivity contribution is 4.99. The number of aromatic nitrogens is 2. The third-order valence-corrected chi connectivity index (χ3v) is 3.11. The van der Waals surface area contributed by atoms with Gasteiger partial charge in [-0.2, -0.15) is 0 Å². The first kappa shape index (κ1) is 10.6. The molecule has 1 fully saturated rings. The minimum atomic E-state index is 0.344. The third kappa shape index (κ3) is 2.38. The van der Waals surface area contributed by atoms with Crippen LogP contribution in [0.1, 0.15) is 24.7 Å². The Morgan fingerprint density at radius 1 is 1.73 bits per heavy atom. The SMILES string of the molecule is CNC(CC1CCOC1)c1nccn1C. The summed E-state index contributed by atoms with van der Waals surface area (Å²) in [6, 6.07) is 0.344. The molecule has 2 unspecified atom stereocenters. The minimum absolute atomic E-state index is 0.344. The number of aryl methyl sites for hydroxylation is 1. The molecule has 0 aromatic carbocycles. The number of nitrogens with one attached hydrogen (secondary N) is 1. The van der Waals surface area contributed by atoms with Crippen molar-refractivity contribution in [1.82, 2.24) is 14.9 Å². The zero-order valence-corrected chi connectivity index (χ0v) is 9.44. The van der Waals surface area contributed by atoms with Crippen molar-refractivity contribution >= 4 is 0 Å². The van der Waals surface area contributed by atoms with Gasteiger partial charge in [-0.05, 0) is 25.8 Å². The molecule has 0 radical (unpaired) electrons. The van der Waals surface area contributed by atoms with Crippen molar-refractivity contribution < 1.29 is 4.74 Å². The van der Waals surface area contributed by atoms with Crippen LogP contribution in [0.4, 0.5) is 0 Å². The van der Waals surface area contributed by atoms with Gasteiger partial charge in [-0.25, -0.2) is 4.98 Å². The molecular formula is C11H19N3O. The summed E-state index contributed by atoms with van der Waals surface area (Å²) >= 11 is 0. The van der Waals surface area contributed by atoms with E-state index in [9.17, 15) is 0 Å². The predicted octanol–water partition coefficient (Wildman–Crippen LogP) is 1.11. The molecule has 4 nitrogen and oxygen atoms in total. The van der Waals surface area contributed by atoms with Gasteiger partial charge in [0.25, 0.3) is 0 Å². The lowest BCUT2D eigenvalue weighted by Gasteiger charge is -2.18. The first-order valence-electron chi connectivity index (χ1n) is 5.53. The molecule has 1 aromatic heterocycles. The van der Waals surface area contributed by atoms with Crippen molar-refractivity contribution in [2.75, 3.05) is 20.3 Å². The number of rotatable bonds is 4. The molecule has 0 bridgehead atoms. The van der Waals surface area contributed by atoms with Crippen molar-refractivity contribution in [1.29, 1.82) is 0 Å². The fourth-order valence-corrected chi connectivity index (χ4v) is 2.17. The molecule has 0 amide bonds. The maximum atomic E-state index is 5.40. The Hall–Kier alpha value is -0.870. The normalized spacial score (nSPS) is 23.2. The fourth-order valence-electron chi connectivity index (χ4n) is 2.17. The summed E-state index contributed by atoms with van der Waals surface area (Å²) in [6.45, 7) is 1.82. The van der Waals surface area contributed by atoms with Gasteiger partial charge in [0.15, 0.2) is 0 Å². The quantitative estimate of drug-likeness (QED) is 0.807. The van der Waals surface area contributed by atoms with Crippen LogP contribution in [-0.4, -0.2) is 29.8 Å². The second-order valence-electron chi connectivity index (χ2n) is 4.20. The number of hydrogen-bond acceptors (Lipinski definition) is 3. The van der Waals surface area contributed by atoms with Crippen LogP contribution >= 0.6 is 0 Å². The molecule has 1 aromatic rings. The molecular weight excluding hydrogens is 190 g/mol. The molecule has 4 heteroatoms. The zero-order chi connectivity index (χ0) is 10.7. The molecule has 84 valence electrons. The Kier molecular flexibility index (Phi) is 3.38. The fraction of sp³-hybridized carbons (Fsp3) is 0.727. The molecule has 1 aliphatic heterocycles. The van der Waals surface area contributed by atoms with Gasteiger partial charge in [-0.1, -0.05) is 0 Å². The van der Waals surface area contributed by atoms with Crippen molar-refractivity contribution in [3.8, 4) is 0 Å². The number of imidazole rings is 1. The largest absolute Gasteiger partial charge is 0.381 e.